The predicted molar refractivity (Wildman–Crippen MR) is 48.7 cm³/mol. The summed E-state index contributed by atoms with van der Waals surface area (Å²) in [5.41, 5.74) is 1.42. The number of imidazole rings is 1. The van der Waals surface area contributed by atoms with Crippen molar-refractivity contribution in [2.45, 2.75) is 18.8 Å². The third-order valence-corrected chi connectivity index (χ3v) is 2.51. The molecular formula is C8H7ClN4. The highest BCUT2D eigenvalue weighted by molar-refractivity contribution is 6.33. The molecule has 5 heteroatoms. The first kappa shape index (κ1) is 7.26. The number of hydrogen-bond donors (Lipinski definition) is 1. The Hall–Kier alpha value is -1.16. The van der Waals surface area contributed by atoms with E-state index in [1.165, 1.54) is 19.2 Å². The molecule has 1 aliphatic rings. The zero-order valence-electron chi connectivity index (χ0n) is 6.79. The van der Waals surface area contributed by atoms with Gasteiger partial charge in [0.25, 0.3) is 0 Å². The molecule has 2 aromatic rings. The number of halogens is 1. The summed E-state index contributed by atoms with van der Waals surface area (Å²) in [5, 5.41) is 0.449. The first-order valence-corrected chi connectivity index (χ1v) is 4.58. The van der Waals surface area contributed by atoms with E-state index in [2.05, 4.69) is 19.9 Å². The quantitative estimate of drug-likeness (QED) is 0.706. The number of aromatic nitrogens is 4. The molecule has 66 valence electrons. The van der Waals surface area contributed by atoms with Gasteiger partial charge in [0.05, 0.1) is 0 Å². The van der Waals surface area contributed by atoms with Gasteiger partial charge in [-0.25, -0.2) is 15.0 Å². The Morgan fingerprint density at radius 2 is 2.23 bits per heavy atom. The van der Waals surface area contributed by atoms with Gasteiger partial charge in [-0.05, 0) is 12.8 Å². The van der Waals surface area contributed by atoms with E-state index in [4.69, 9.17) is 11.6 Å². The van der Waals surface area contributed by atoms with Crippen molar-refractivity contribution in [2.24, 2.45) is 0 Å². The average Bonchev–Trinajstić information content (AvgIpc) is 2.87. The van der Waals surface area contributed by atoms with Gasteiger partial charge >= 0.3 is 0 Å². The van der Waals surface area contributed by atoms with Crippen molar-refractivity contribution in [2.75, 3.05) is 0 Å². The molecular weight excluding hydrogens is 188 g/mol. The van der Waals surface area contributed by atoms with Crippen LogP contribution in [0.15, 0.2) is 6.33 Å². The SMILES string of the molecule is Clc1ncnc2nc(C3CC3)[nH]c12. The van der Waals surface area contributed by atoms with Crippen molar-refractivity contribution in [1.29, 1.82) is 0 Å². The van der Waals surface area contributed by atoms with E-state index in [9.17, 15) is 0 Å². The van der Waals surface area contributed by atoms with Crippen molar-refractivity contribution < 1.29 is 0 Å². The molecule has 0 radical (unpaired) electrons. The lowest BCUT2D eigenvalue weighted by atomic mass is 10.4. The first-order chi connectivity index (χ1) is 6.34. The van der Waals surface area contributed by atoms with Gasteiger partial charge in [0.2, 0.25) is 0 Å². The Kier molecular flexibility index (Phi) is 1.35. The molecule has 0 aliphatic heterocycles. The number of fused-ring (bicyclic) bond motifs is 1. The summed E-state index contributed by atoms with van der Waals surface area (Å²) >= 11 is 5.87. The van der Waals surface area contributed by atoms with E-state index in [-0.39, 0.29) is 0 Å². The Bertz CT molecular complexity index is 460. The first-order valence-electron chi connectivity index (χ1n) is 4.20. The molecule has 3 rings (SSSR count). The van der Waals surface area contributed by atoms with Crippen LogP contribution in [0.3, 0.4) is 0 Å². The zero-order valence-corrected chi connectivity index (χ0v) is 7.54. The molecule has 1 N–H and O–H groups in total. The molecule has 2 aromatic heterocycles. The number of nitrogens with zero attached hydrogens (tertiary/aromatic N) is 3. The second-order valence-corrected chi connectivity index (χ2v) is 3.62. The molecule has 0 saturated heterocycles. The standard InChI is InChI=1S/C8H7ClN4/c9-6-5-8(11-3-10-6)13-7(12-5)4-1-2-4/h3-4H,1-2H2,(H,10,11,12,13). The maximum absolute atomic E-state index is 5.87. The summed E-state index contributed by atoms with van der Waals surface area (Å²) in [4.78, 5) is 15.4. The largest absolute Gasteiger partial charge is 0.338 e. The fourth-order valence-electron chi connectivity index (χ4n) is 1.37. The highest BCUT2D eigenvalue weighted by atomic mass is 35.5. The van der Waals surface area contributed by atoms with Crippen molar-refractivity contribution in [3.05, 3.63) is 17.3 Å². The fraction of sp³-hybridized carbons (Fsp3) is 0.375. The van der Waals surface area contributed by atoms with Gasteiger partial charge in [0.15, 0.2) is 10.8 Å². The highest BCUT2D eigenvalue weighted by Crippen LogP contribution is 2.39. The summed E-state index contributed by atoms with van der Waals surface area (Å²) in [7, 11) is 0. The van der Waals surface area contributed by atoms with Gasteiger partial charge in [-0.2, -0.15) is 0 Å². The van der Waals surface area contributed by atoms with Crippen LogP contribution < -0.4 is 0 Å². The zero-order chi connectivity index (χ0) is 8.84. The lowest BCUT2D eigenvalue weighted by Gasteiger charge is -1.87. The van der Waals surface area contributed by atoms with Gasteiger partial charge in [0.1, 0.15) is 17.7 Å². The lowest BCUT2D eigenvalue weighted by molar-refractivity contribution is 0.983. The average molecular weight is 195 g/mol. The van der Waals surface area contributed by atoms with Crippen LogP contribution in [0.25, 0.3) is 11.2 Å². The number of H-pyrrole nitrogens is 1. The summed E-state index contributed by atoms with van der Waals surface area (Å²) in [6.45, 7) is 0. The molecule has 0 amide bonds. The molecule has 0 unspecified atom stereocenters. The van der Waals surface area contributed by atoms with Gasteiger partial charge < -0.3 is 4.98 Å². The second-order valence-electron chi connectivity index (χ2n) is 3.26. The summed E-state index contributed by atoms with van der Waals surface area (Å²) < 4.78 is 0. The van der Waals surface area contributed by atoms with Crippen molar-refractivity contribution in [3.63, 3.8) is 0 Å². The fourth-order valence-corrected chi connectivity index (χ4v) is 1.54. The number of rotatable bonds is 1. The van der Waals surface area contributed by atoms with E-state index in [1.807, 2.05) is 0 Å². The minimum atomic E-state index is 0.449. The summed E-state index contributed by atoms with van der Waals surface area (Å²) in [6, 6.07) is 0. The van der Waals surface area contributed by atoms with E-state index in [1.54, 1.807) is 0 Å². The van der Waals surface area contributed by atoms with E-state index < -0.39 is 0 Å². The molecule has 4 nitrogen and oxygen atoms in total. The van der Waals surface area contributed by atoms with Gasteiger partial charge in [-0.3, -0.25) is 0 Å². The van der Waals surface area contributed by atoms with Crippen LogP contribution in [0.2, 0.25) is 5.15 Å². The van der Waals surface area contributed by atoms with Crippen LogP contribution in [0, 0.1) is 0 Å². The lowest BCUT2D eigenvalue weighted by Crippen LogP contribution is -1.80. The summed E-state index contributed by atoms with van der Waals surface area (Å²) in [6.07, 6.45) is 3.86. The summed E-state index contributed by atoms with van der Waals surface area (Å²) in [5.74, 6) is 1.59. The smallest absolute Gasteiger partial charge is 0.182 e. The molecule has 2 heterocycles. The topological polar surface area (TPSA) is 54.5 Å². The molecule has 0 bridgehead atoms. The third kappa shape index (κ3) is 1.09. The minimum Gasteiger partial charge on any atom is -0.338 e. The number of aromatic amines is 1. The Labute approximate surface area is 79.4 Å². The molecule has 0 spiro atoms. The monoisotopic (exact) mass is 194 g/mol. The second kappa shape index (κ2) is 2.42. The van der Waals surface area contributed by atoms with Crippen molar-refractivity contribution in [3.8, 4) is 0 Å². The predicted octanol–water partition coefficient (Wildman–Crippen LogP) is 1.88. The van der Waals surface area contributed by atoms with Gasteiger partial charge in [0, 0.05) is 5.92 Å². The molecule has 0 aromatic carbocycles. The Balaban J connectivity index is 2.26. The van der Waals surface area contributed by atoms with Crippen molar-refractivity contribution >= 4 is 22.8 Å². The van der Waals surface area contributed by atoms with E-state index >= 15 is 0 Å². The van der Waals surface area contributed by atoms with Gasteiger partial charge in [-0.15, -0.1) is 0 Å². The third-order valence-electron chi connectivity index (χ3n) is 2.22. The minimum absolute atomic E-state index is 0.449. The Morgan fingerprint density at radius 3 is 2.92 bits per heavy atom. The highest BCUT2D eigenvalue weighted by Gasteiger charge is 2.27. The molecule has 1 aliphatic carbocycles. The maximum Gasteiger partial charge on any atom is 0.182 e. The van der Waals surface area contributed by atoms with Crippen LogP contribution in [0.4, 0.5) is 0 Å². The van der Waals surface area contributed by atoms with Crippen LogP contribution >= 0.6 is 11.6 Å². The van der Waals surface area contributed by atoms with Crippen LogP contribution in [0.1, 0.15) is 24.6 Å². The molecule has 1 saturated carbocycles. The number of hydrogen-bond acceptors (Lipinski definition) is 3. The van der Waals surface area contributed by atoms with Crippen LogP contribution in [-0.2, 0) is 0 Å². The number of nitrogens with one attached hydrogen (secondary N) is 1. The molecule has 0 atom stereocenters. The van der Waals surface area contributed by atoms with Crippen molar-refractivity contribution in [1.82, 2.24) is 19.9 Å². The van der Waals surface area contributed by atoms with E-state index in [0.29, 0.717) is 16.7 Å². The maximum atomic E-state index is 5.87. The molecule has 1 fully saturated rings. The van der Waals surface area contributed by atoms with Crippen LogP contribution in [-0.4, -0.2) is 19.9 Å². The van der Waals surface area contributed by atoms with Gasteiger partial charge in [-0.1, -0.05) is 11.6 Å². The molecule has 13 heavy (non-hydrogen) atoms. The normalized spacial score (nSPS) is 16.7. The Morgan fingerprint density at radius 1 is 1.38 bits per heavy atom. The van der Waals surface area contributed by atoms with Crippen LogP contribution in [0.5, 0.6) is 0 Å². The van der Waals surface area contributed by atoms with E-state index in [0.717, 1.165) is 11.3 Å².